The Kier molecular flexibility index (Phi) is 10.8. The minimum absolute atomic E-state index is 0. The Bertz CT molecular complexity index is 416. The molecular weight excluding hydrogens is 439 g/mol. The molecule has 0 spiro atoms. The summed E-state index contributed by atoms with van der Waals surface area (Å²) in [5, 5.41) is 7.17. The first-order valence-corrected chi connectivity index (χ1v) is 10.2. The summed E-state index contributed by atoms with van der Waals surface area (Å²) in [6.07, 6.45) is 10.5. The highest BCUT2D eigenvalue weighted by Gasteiger charge is 2.34. The lowest BCUT2D eigenvalue weighted by molar-refractivity contribution is 0.0981. The molecule has 1 saturated heterocycles. The van der Waals surface area contributed by atoms with Gasteiger partial charge < -0.3 is 15.4 Å². The molecule has 2 N–H and O–H groups in total. The highest BCUT2D eigenvalue weighted by atomic mass is 127. The zero-order valence-electron chi connectivity index (χ0n) is 17.4. The van der Waals surface area contributed by atoms with Gasteiger partial charge in [0.15, 0.2) is 5.96 Å². The summed E-state index contributed by atoms with van der Waals surface area (Å²) >= 11 is 0. The molecule has 26 heavy (non-hydrogen) atoms. The average molecular weight is 480 g/mol. The van der Waals surface area contributed by atoms with Crippen LogP contribution >= 0.6 is 24.0 Å². The average Bonchev–Trinajstić information content (AvgIpc) is 3.10. The molecule has 0 aromatic rings. The second-order valence-corrected chi connectivity index (χ2v) is 8.59. The van der Waals surface area contributed by atoms with Crippen LogP contribution in [-0.2, 0) is 4.74 Å². The number of aliphatic imine (C=N–C) groups is 1. The van der Waals surface area contributed by atoms with Gasteiger partial charge in [0.25, 0.3) is 0 Å². The summed E-state index contributed by atoms with van der Waals surface area (Å²) in [6.45, 7) is 9.92. The molecule has 2 aliphatic rings. The van der Waals surface area contributed by atoms with E-state index in [1.165, 1.54) is 58.0 Å². The maximum Gasteiger partial charge on any atom is 0.191 e. The molecular formula is C20H41IN4O. The number of hydrogen-bond donors (Lipinski definition) is 2. The van der Waals surface area contributed by atoms with E-state index in [1.807, 2.05) is 7.05 Å². The molecule has 0 amide bonds. The lowest BCUT2D eigenvalue weighted by Gasteiger charge is -2.41. The first-order chi connectivity index (χ1) is 12.0. The number of ether oxygens (including phenoxy) is 1. The summed E-state index contributed by atoms with van der Waals surface area (Å²) < 4.78 is 5.34. The standard InChI is InChI=1S/C20H40N4O.HI/c1-19(2,24-13-8-5-9-14-24)16-22-18(21-3)23-17-20(12-15-25-4)10-6-7-11-20;/h5-17H2,1-4H3,(H2,21,22,23);1H. The smallest absolute Gasteiger partial charge is 0.191 e. The third-order valence-electron chi connectivity index (χ3n) is 6.26. The molecule has 0 atom stereocenters. The molecule has 0 aromatic carbocycles. The number of piperidine rings is 1. The number of hydrogen-bond acceptors (Lipinski definition) is 3. The molecule has 154 valence electrons. The predicted octanol–water partition coefficient (Wildman–Crippen LogP) is 3.63. The van der Waals surface area contributed by atoms with Crippen molar-refractivity contribution in [2.75, 3.05) is 46.9 Å². The maximum atomic E-state index is 5.34. The van der Waals surface area contributed by atoms with E-state index < -0.39 is 0 Å². The fourth-order valence-electron chi connectivity index (χ4n) is 4.36. The van der Waals surface area contributed by atoms with Crippen molar-refractivity contribution in [1.29, 1.82) is 0 Å². The Hall–Kier alpha value is -0.0800. The van der Waals surface area contributed by atoms with Gasteiger partial charge in [-0.2, -0.15) is 0 Å². The number of methoxy groups -OCH3 is 1. The minimum atomic E-state index is 0. The van der Waals surface area contributed by atoms with Gasteiger partial charge in [-0.05, 0) is 64.5 Å². The monoisotopic (exact) mass is 480 g/mol. The minimum Gasteiger partial charge on any atom is -0.385 e. The Morgan fingerprint density at radius 2 is 1.73 bits per heavy atom. The van der Waals surface area contributed by atoms with Gasteiger partial charge in [-0.25, -0.2) is 0 Å². The summed E-state index contributed by atoms with van der Waals surface area (Å²) in [4.78, 5) is 7.07. The van der Waals surface area contributed by atoms with Crippen LogP contribution in [0.1, 0.15) is 65.2 Å². The second kappa shape index (κ2) is 11.7. The predicted molar refractivity (Wildman–Crippen MR) is 122 cm³/mol. The van der Waals surface area contributed by atoms with Gasteiger partial charge in [0.1, 0.15) is 0 Å². The van der Waals surface area contributed by atoms with Crippen molar-refractivity contribution in [3.05, 3.63) is 0 Å². The van der Waals surface area contributed by atoms with Crippen LogP contribution in [0.3, 0.4) is 0 Å². The van der Waals surface area contributed by atoms with E-state index in [0.717, 1.165) is 32.1 Å². The molecule has 1 saturated carbocycles. The van der Waals surface area contributed by atoms with Gasteiger partial charge in [0.05, 0.1) is 0 Å². The highest BCUT2D eigenvalue weighted by molar-refractivity contribution is 14.0. The number of rotatable bonds is 8. The van der Waals surface area contributed by atoms with Crippen LogP contribution in [0.4, 0.5) is 0 Å². The lowest BCUT2D eigenvalue weighted by Crippen LogP contribution is -2.55. The van der Waals surface area contributed by atoms with Crippen LogP contribution in [0, 0.1) is 5.41 Å². The SMILES string of the molecule is CN=C(NCC1(CCOC)CCCC1)NCC(C)(C)N1CCCCC1.I. The molecule has 0 bridgehead atoms. The van der Waals surface area contributed by atoms with E-state index in [9.17, 15) is 0 Å². The Balaban J connectivity index is 0.00000338. The fraction of sp³-hybridized carbons (Fsp3) is 0.950. The van der Waals surface area contributed by atoms with Crippen molar-refractivity contribution in [3.63, 3.8) is 0 Å². The molecule has 0 radical (unpaired) electrons. The third-order valence-corrected chi connectivity index (χ3v) is 6.26. The van der Waals surface area contributed by atoms with E-state index in [4.69, 9.17) is 4.74 Å². The van der Waals surface area contributed by atoms with Gasteiger partial charge in [-0.15, -0.1) is 24.0 Å². The summed E-state index contributed by atoms with van der Waals surface area (Å²) in [6, 6.07) is 0. The van der Waals surface area contributed by atoms with Crippen molar-refractivity contribution >= 4 is 29.9 Å². The van der Waals surface area contributed by atoms with Gasteiger partial charge in [0.2, 0.25) is 0 Å². The van der Waals surface area contributed by atoms with Crippen molar-refractivity contribution in [1.82, 2.24) is 15.5 Å². The highest BCUT2D eigenvalue weighted by Crippen LogP contribution is 2.40. The van der Waals surface area contributed by atoms with Crippen molar-refractivity contribution in [2.45, 2.75) is 70.8 Å². The molecule has 0 aromatic heterocycles. The number of guanidine groups is 1. The van der Waals surface area contributed by atoms with Crippen molar-refractivity contribution < 1.29 is 4.74 Å². The van der Waals surface area contributed by atoms with Gasteiger partial charge in [0, 0.05) is 39.4 Å². The normalized spacial score (nSPS) is 21.3. The number of nitrogens with one attached hydrogen (secondary N) is 2. The van der Waals surface area contributed by atoms with Crippen LogP contribution < -0.4 is 10.6 Å². The van der Waals surface area contributed by atoms with E-state index in [1.54, 1.807) is 7.11 Å². The Morgan fingerprint density at radius 3 is 2.31 bits per heavy atom. The van der Waals surface area contributed by atoms with Gasteiger partial charge in [-0.1, -0.05) is 19.3 Å². The van der Waals surface area contributed by atoms with E-state index in [2.05, 4.69) is 34.4 Å². The van der Waals surface area contributed by atoms with Crippen molar-refractivity contribution in [3.8, 4) is 0 Å². The number of nitrogens with zero attached hydrogens (tertiary/aromatic N) is 2. The second-order valence-electron chi connectivity index (χ2n) is 8.59. The largest absolute Gasteiger partial charge is 0.385 e. The van der Waals surface area contributed by atoms with Crippen LogP contribution in [0.25, 0.3) is 0 Å². The molecule has 0 unspecified atom stereocenters. The number of likely N-dealkylation sites (tertiary alicyclic amines) is 1. The van der Waals surface area contributed by atoms with Gasteiger partial charge in [-0.3, -0.25) is 9.89 Å². The van der Waals surface area contributed by atoms with Gasteiger partial charge >= 0.3 is 0 Å². The van der Waals surface area contributed by atoms with E-state index in [-0.39, 0.29) is 29.5 Å². The summed E-state index contributed by atoms with van der Waals surface area (Å²) in [7, 11) is 3.68. The molecule has 6 heteroatoms. The molecule has 2 fully saturated rings. The molecule has 1 heterocycles. The van der Waals surface area contributed by atoms with Crippen molar-refractivity contribution in [2.24, 2.45) is 10.4 Å². The van der Waals surface area contributed by atoms with Crippen LogP contribution in [-0.4, -0.2) is 63.3 Å². The lowest BCUT2D eigenvalue weighted by atomic mass is 9.83. The zero-order chi connectivity index (χ0) is 18.2. The third kappa shape index (κ3) is 7.15. The molecule has 5 nitrogen and oxygen atoms in total. The van der Waals surface area contributed by atoms with Crippen LogP contribution in [0.15, 0.2) is 4.99 Å². The first kappa shape index (κ1) is 24.0. The summed E-state index contributed by atoms with van der Waals surface area (Å²) in [5.41, 5.74) is 0.551. The quantitative estimate of drug-likeness (QED) is 0.317. The molecule has 2 rings (SSSR count). The first-order valence-electron chi connectivity index (χ1n) is 10.2. The van der Waals surface area contributed by atoms with E-state index in [0.29, 0.717) is 5.41 Å². The Morgan fingerprint density at radius 1 is 1.08 bits per heavy atom. The van der Waals surface area contributed by atoms with Crippen LogP contribution in [0.5, 0.6) is 0 Å². The van der Waals surface area contributed by atoms with Crippen LogP contribution in [0.2, 0.25) is 0 Å². The summed E-state index contributed by atoms with van der Waals surface area (Å²) in [5.74, 6) is 0.939. The Labute approximate surface area is 178 Å². The molecule has 1 aliphatic heterocycles. The zero-order valence-corrected chi connectivity index (χ0v) is 19.7. The topological polar surface area (TPSA) is 48.9 Å². The van der Waals surface area contributed by atoms with E-state index >= 15 is 0 Å². The fourth-order valence-corrected chi connectivity index (χ4v) is 4.36. The number of halogens is 1. The maximum absolute atomic E-state index is 5.34. The molecule has 1 aliphatic carbocycles.